The molecule has 26 heavy (non-hydrogen) atoms. The number of amides is 1. The number of nitrogens with zero attached hydrogens (tertiary/aromatic N) is 6. The van der Waals surface area contributed by atoms with Crippen LogP contribution in [0.4, 0.5) is 0 Å². The lowest BCUT2D eigenvalue weighted by molar-refractivity contribution is 0.0618. The van der Waals surface area contributed by atoms with Crippen LogP contribution in [-0.2, 0) is 13.1 Å². The molecule has 0 bridgehead atoms. The predicted molar refractivity (Wildman–Crippen MR) is 96.6 cm³/mol. The molecule has 7 nitrogen and oxygen atoms in total. The third-order valence-corrected chi connectivity index (χ3v) is 5.06. The number of aromatic nitrogens is 5. The second-order valence-electron chi connectivity index (χ2n) is 6.63. The van der Waals surface area contributed by atoms with Crippen LogP contribution in [0.3, 0.4) is 0 Å². The van der Waals surface area contributed by atoms with Gasteiger partial charge in [0.2, 0.25) is 0 Å². The van der Waals surface area contributed by atoms with Crippen molar-refractivity contribution in [3.05, 3.63) is 65.2 Å². The molecular weight excluding hydrogens is 328 g/mol. The lowest BCUT2D eigenvalue weighted by atomic mass is 10.0. The van der Waals surface area contributed by atoms with Gasteiger partial charge in [-0.05, 0) is 53.6 Å². The second kappa shape index (κ2) is 6.74. The van der Waals surface area contributed by atoms with E-state index in [1.165, 1.54) is 5.69 Å². The molecule has 1 aliphatic heterocycles. The molecule has 7 heteroatoms. The Morgan fingerprint density at radius 2 is 2.00 bits per heavy atom. The number of aryl methyl sites for hydroxylation is 1. The third kappa shape index (κ3) is 2.89. The van der Waals surface area contributed by atoms with Crippen LogP contribution in [-0.4, -0.2) is 42.1 Å². The number of carbonyl (C=O) groups excluding carboxylic acids is 1. The standard InChI is InChI=1S/C19H22N6O/c1-3-17-18-5-4-10-23(18)11-12-24(17)19(26)16-8-6-15(7-9-16)13-25-14(2)20-21-22-25/h4-10,17H,3,11-13H2,1-2H3/t17-/m1/s1. The largest absolute Gasteiger partial charge is 0.348 e. The van der Waals surface area contributed by atoms with E-state index in [1.807, 2.05) is 36.1 Å². The van der Waals surface area contributed by atoms with Gasteiger partial charge in [0.1, 0.15) is 5.82 Å². The maximum Gasteiger partial charge on any atom is 0.254 e. The average molecular weight is 350 g/mol. The first kappa shape index (κ1) is 16.5. The fourth-order valence-corrected chi connectivity index (χ4v) is 3.62. The molecule has 0 aliphatic carbocycles. The summed E-state index contributed by atoms with van der Waals surface area (Å²) in [5.74, 6) is 0.863. The molecular formula is C19H22N6O. The zero-order valence-corrected chi connectivity index (χ0v) is 15.0. The van der Waals surface area contributed by atoms with Crippen molar-refractivity contribution in [2.24, 2.45) is 0 Å². The van der Waals surface area contributed by atoms with Crippen LogP contribution in [0, 0.1) is 6.92 Å². The van der Waals surface area contributed by atoms with Gasteiger partial charge in [0, 0.05) is 30.5 Å². The summed E-state index contributed by atoms with van der Waals surface area (Å²) in [4.78, 5) is 15.1. The molecule has 1 aliphatic rings. The highest BCUT2D eigenvalue weighted by Gasteiger charge is 2.29. The van der Waals surface area contributed by atoms with E-state index >= 15 is 0 Å². The fraction of sp³-hybridized carbons (Fsp3) is 0.368. The number of tetrazole rings is 1. The molecule has 0 N–H and O–H groups in total. The normalized spacial score (nSPS) is 16.5. The summed E-state index contributed by atoms with van der Waals surface area (Å²) < 4.78 is 3.98. The van der Waals surface area contributed by atoms with E-state index in [0.717, 1.165) is 36.5 Å². The van der Waals surface area contributed by atoms with E-state index in [1.54, 1.807) is 4.68 Å². The number of benzene rings is 1. The lowest BCUT2D eigenvalue weighted by Gasteiger charge is -2.36. The van der Waals surface area contributed by atoms with Crippen molar-refractivity contribution >= 4 is 5.91 Å². The maximum absolute atomic E-state index is 13.1. The number of hydrogen-bond acceptors (Lipinski definition) is 4. The van der Waals surface area contributed by atoms with Crippen LogP contribution in [0.1, 0.15) is 46.8 Å². The summed E-state index contributed by atoms with van der Waals surface area (Å²) in [5.41, 5.74) is 3.01. The van der Waals surface area contributed by atoms with Gasteiger partial charge >= 0.3 is 0 Å². The quantitative estimate of drug-likeness (QED) is 0.725. The first-order chi connectivity index (χ1) is 12.7. The Hall–Kier alpha value is -2.96. The molecule has 0 fully saturated rings. The Kier molecular flexibility index (Phi) is 4.28. The molecule has 134 valence electrons. The molecule has 1 aromatic carbocycles. The summed E-state index contributed by atoms with van der Waals surface area (Å²) in [6.07, 6.45) is 3.00. The van der Waals surface area contributed by atoms with Crippen molar-refractivity contribution in [3.63, 3.8) is 0 Å². The first-order valence-electron chi connectivity index (χ1n) is 8.95. The van der Waals surface area contributed by atoms with Crippen molar-refractivity contribution in [3.8, 4) is 0 Å². The van der Waals surface area contributed by atoms with Crippen LogP contribution in [0.5, 0.6) is 0 Å². The monoisotopic (exact) mass is 350 g/mol. The highest BCUT2D eigenvalue weighted by molar-refractivity contribution is 5.94. The number of carbonyl (C=O) groups is 1. The Bertz CT molecular complexity index is 910. The van der Waals surface area contributed by atoms with Crippen molar-refractivity contribution < 1.29 is 4.79 Å². The second-order valence-corrected chi connectivity index (χ2v) is 6.63. The molecule has 1 amide bonds. The SMILES string of the molecule is CC[C@@H]1c2cccn2CCN1C(=O)c1ccc(Cn2nnnc2C)cc1. The van der Waals surface area contributed by atoms with Crippen LogP contribution in [0.15, 0.2) is 42.6 Å². The number of fused-ring (bicyclic) bond motifs is 1. The zero-order valence-electron chi connectivity index (χ0n) is 15.0. The highest BCUT2D eigenvalue weighted by Crippen LogP contribution is 2.30. The van der Waals surface area contributed by atoms with Crippen molar-refractivity contribution in [1.82, 2.24) is 29.7 Å². The molecule has 3 heterocycles. The smallest absolute Gasteiger partial charge is 0.254 e. The minimum absolute atomic E-state index is 0.0921. The van der Waals surface area contributed by atoms with Crippen molar-refractivity contribution in [2.75, 3.05) is 6.54 Å². The van der Waals surface area contributed by atoms with Gasteiger partial charge in [-0.1, -0.05) is 19.1 Å². The molecule has 2 aromatic heterocycles. The zero-order chi connectivity index (χ0) is 18.1. The molecule has 0 saturated heterocycles. The Balaban J connectivity index is 1.52. The van der Waals surface area contributed by atoms with E-state index in [2.05, 4.69) is 45.3 Å². The number of hydrogen-bond donors (Lipinski definition) is 0. The summed E-state index contributed by atoms with van der Waals surface area (Å²) in [5, 5.41) is 11.5. The topological polar surface area (TPSA) is 68.8 Å². The fourth-order valence-electron chi connectivity index (χ4n) is 3.62. The summed E-state index contributed by atoms with van der Waals surface area (Å²) in [6.45, 7) is 6.19. The van der Waals surface area contributed by atoms with Gasteiger partial charge in [-0.25, -0.2) is 4.68 Å². The minimum atomic E-state index is 0.0921. The maximum atomic E-state index is 13.1. The Morgan fingerprint density at radius 3 is 2.69 bits per heavy atom. The van der Waals surface area contributed by atoms with E-state index in [0.29, 0.717) is 6.54 Å². The van der Waals surface area contributed by atoms with Crippen LogP contribution >= 0.6 is 0 Å². The average Bonchev–Trinajstić information content (AvgIpc) is 3.30. The molecule has 4 rings (SSSR count). The van der Waals surface area contributed by atoms with Gasteiger partial charge in [0.05, 0.1) is 12.6 Å². The minimum Gasteiger partial charge on any atom is -0.348 e. The van der Waals surface area contributed by atoms with E-state index < -0.39 is 0 Å². The van der Waals surface area contributed by atoms with Crippen LogP contribution < -0.4 is 0 Å². The Morgan fingerprint density at radius 1 is 1.19 bits per heavy atom. The summed E-state index contributed by atoms with van der Waals surface area (Å²) >= 11 is 0. The van der Waals surface area contributed by atoms with E-state index in [4.69, 9.17) is 0 Å². The van der Waals surface area contributed by atoms with Gasteiger partial charge < -0.3 is 9.47 Å². The van der Waals surface area contributed by atoms with E-state index in [-0.39, 0.29) is 11.9 Å². The Labute approximate surface area is 152 Å². The van der Waals surface area contributed by atoms with Crippen LogP contribution in [0.2, 0.25) is 0 Å². The molecule has 0 radical (unpaired) electrons. The van der Waals surface area contributed by atoms with Crippen molar-refractivity contribution in [2.45, 2.75) is 39.4 Å². The van der Waals surface area contributed by atoms with Gasteiger partial charge in [-0.15, -0.1) is 5.10 Å². The third-order valence-electron chi connectivity index (χ3n) is 5.06. The molecule has 3 aromatic rings. The van der Waals surface area contributed by atoms with Gasteiger partial charge in [0.25, 0.3) is 5.91 Å². The predicted octanol–water partition coefficient (Wildman–Crippen LogP) is 2.44. The van der Waals surface area contributed by atoms with Crippen molar-refractivity contribution in [1.29, 1.82) is 0 Å². The molecule has 1 atom stereocenters. The first-order valence-corrected chi connectivity index (χ1v) is 8.95. The molecule has 0 unspecified atom stereocenters. The lowest BCUT2D eigenvalue weighted by Crippen LogP contribution is -2.41. The van der Waals surface area contributed by atoms with Gasteiger partial charge in [-0.2, -0.15) is 0 Å². The van der Waals surface area contributed by atoms with Gasteiger partial charge in [-0.3, -0.25) is 4.79 Å². The van der Waals surface area contributed by atoms with Gasteiger partial charge in [0.15, 0.2) is 0 Å². The summed E-state index contributed by atoms with van der Waals surface area (Å²) in [6, 6.07) is 12.1. The molecule has 0 spiro atoms. The van der Waals surface area contributed by atoms with Crippen LogP contribution in [0.25, 0.3) is 0 Å². The summed E-state index contributed by atoms with van der Waals surface area (Å²) in [7, 11) is 0. The highest BCUT2D eigenvalue weighted by atomic mass is 16.2. The van der Waals surface area contributed by atoms with E-state index in [9.17, 15) is 4.79 Å². The number of rotatable bonds is 4. The molecule has 0 saturated carbocycles.